The molecule has 0 aliphatic heterocycles. The molecule has 0 aliphatic rings. The van der Waals surface area contributed by atoms with Gasteiger partial charge in [0.25, 0.3) is 0 Å². The fourth-order valence-corrected chi connectivity index (χ4v) is 2.11. The average molecular weight is 241 g/mol. The molecule has 1 aromatic carbocycles. The Morgan fingerprint density at radius 2 is 1.81 bits per heavy atom. The largest absolute Gasteiger partial charge is 0.273 e. The van der Waals surface area contributed by atoms with E-state index in [-0.39, 0.29) is 0 Å². The summed E-state index contributed by atoms with van der Waals surface area (Å²) in [7, 11) is -1.60. The molecule has 0 saturated heterocycles. The monoisotopic (exact) mass is 241 g/mol. The van der Waals surface area contributed by atoms with Crippen molar-refractivity contribution in [2.45, 2.75) is 26.7 Å². The van der Waals surface area contributed by atoms with E-state index in [0.29, 0.717) is 5.92 Å². The van der Waals surface area contributed by atoms with Crippen LogP contribution in [-0.4, -0.2) is 21.7 Å². The third-order valence-electron chi connectivity index (χ3n) is 2.64. The molecule has 0 saturated carbocycles. The van der Waals surface area contributed by atoms with Gasteiger partial charge >= 0.3 is 0 Å². The highest BCUT2D eigenvalue weighted by molar-refractivity contribution is 7.92. The zero-order valence-corrected chi connectivity index (χ0v) is 11.3. The van der Waals surface area contributed by atoms with Crippen LogP contribution < -0.4 is 4.31 Å². The second kappa shape index (κ2) is 4.45. The van der Waals surface area contributed by atoms with Gasteiger partial charge in [0.2, 0.25) is 10.0 Å². The van der Waals surface area contributed by atoms with Crippen LogP contribution in [0.15, 0.2) is 18.2 Å². The first kappa shape index (κ1) is 13.0. The van der Waals surface area contributed by atoms with E-state index in [1.807, 2.05) is 25.1 Å². The first-order valence-corrected chi connectivity index (χ1v) is 7.12. The summed E-state index contributed by atoms with van der Waals surface area (Å²) < 4.78 is 24.4. The van der Waals surface area contributed by atoms with Gasteiger partial charge in [-0.3, -0.25) is 4.31 Å². The molecule has 90 valence electrons. The Hall–Kier alpha value is -1.03. The highest BCUT2D eigenvalue weighted by Crippen LogP contribution is 2.29. The summed E-state index contributed by atoms with van der Waals surface area (Å²) >= 11 is 0. The molecule has 3 nitrogen and oxygen atoms in total. The molecular weight excluding hydrogens is 222 g/mol. The molecule has 0 spiro atoms. The van der Waals surface area contributed by atoms with Gasteiger partial charge in [0.15, 0.2) is 0 Å². The molecule has 0 N–H and O–H groups in total. The second-order valence-corrected chi connectivity index (χ2v) is 6.46. The van der Waals surface area contributed by atoms with Crippen LogP contribution in [0.3, 0.4) is 0 Å². The van der Waals surface area contributed by atoms with Crippen molar-refractivity contribution in [3.63, 3.8) is 0 Å². The standard InChI is InChI=1S/C12H19NO2S/c1-9(2)11-7-6-10(3)8-12(11)13(4)16(5,14)15/h6-9H,1-5H3. The Morgan fingerprint density at radius 1 is 1.25 bits per heavy atom. The lowest BCUT2D eigenvalue weighted by molar-refractivity contribution is 0.600. The summed E-state index contributed by atoms with van der Waals surface area (Å²) in [6, 6.07) is 5.92. The first-order valence-electron chi connectivity index (χ1n) is 5.28. The van der Waals surface area contributed by atoms with E-state index in [1.54, 1.807) is 7.05 Å². The van der Waals surface area contributed by atoms with E-state index in [2.05, 4.69) is 13.8 Å². The highest BCUT2D eigenvalue weighted by Gasteiger charge is 2.17. The number of hydrogen-bond donors (Lipinski definition) is 0. The maximum Gasteiger partial charge on any atom is 0.232 e. The molecule has 0 amide bonds. The van der Waals surface area contributed by atoms with Gasteiger partial charge in [-0.25, -0.2) is 8.42 Å². The quantitative estimate of drug-likeness (QED) is 0.815. The Morgan fingerprint density at radius 3 is 2.25 bits per heavy atom. The van der Waals surface area contributed by atoms with E-state index in [4.69, 9.17) is 0 Å². The minimum Gasteiger partial charge on any atom is -0.273 e. The van der Waals surface area contributed by atoms with Gasteiger partial charge < -0.3 is 0 Å². The van der Waals surface area contributed by atoms with Gasteiger partial charge in [-0.1, -0.05) is 26.0 Å². The molecule has 0 radical (unpaired) electrons. The predicted molar refractivity (Wildman–Crippen MR) is 68.5 cm³/mol. The van der Waals surface area contributed by atoms with Gasteiger partial charge in [-0.05, 0) is 30.0 Å². The fraction of sp³-hybridized carbons (Fsp3) is 0.500. The SMILES string of the molecule is Cc1ccc(C(C)C)c(N(C)S(C)(=O)=O)c1. The maximum atomic E-state index is 11.5. The molecule has 0 bridgehead atoms. The number of aryl methyl sites for hydroxylation is 1. The lowest BCUT2D eigenvalue weighted by Gasteiger charge is -2.22. The van der Waals surface area contributed by atoms with Crippen molar-refractivity contribution >= 4 is 15.7 Å². The van der Waals surface area contributed by atoms with Gasteiger partial charge in [0, 0.05) is 7.05 Å². The molecule has 0 fully saturated rings. The number of benzene rings is 1. The molecular formula is C12H19NO2S. The molecule has 16 heavy (non-hydrogen) atoms. The summed E-state index contributed by atoms with van der Waals surface area (Å²) in [5.41, 5.74) is 2.89. The highest BCUT2D eigenvalue weighted by atomic mass is 32.2. The summed E-state index contributed by atoms with van der Waals surface area (Å²) in [5.74, 6) is 0.305. The maximum absolute atomic E-state index is 11.5. The van der Waals surface area contributed by atoms with Gasteiger partial charge in [-0.2, -0.15) is 0 Å². The van der Waals surface area contributed by atoms with Crippen molar-refractivity contribution in [1.82, 2.24) is 0 Å². The molecule has 0 aliphatic carbocycles. The van der Waals surface area contributed by atoms with Crippen LogP contribution in [0.2, 0.25) is 0 Å². The lowest BCUT2D eigenvalue weighted by atomic mass is 9.99. The number of nitrogens with zero attached hydrogens (tertiary/aromatic N) is 1. The van der Waals surface area contributed by atoms with E-state index in [9.17, 15) is 8.42 Å². The normalized spacial score (nSPS) is 11.9. The average Bonchev–Trinajstić information content (AvgIpc) is 2.14. The van der Waals surface area contributed by atoms with Crippen molar-refractivity contribution in [1.29, 1.82) is 0 Å². The first-order chi connectivity index (χ1) is 7.23. The molecule has 1 aromatic rings. The Balaban J connectivity index is 3.36. The summed E-state index contributed by atoms with van der Waals surface area (Å²) in [4.78, 5) is 0. The van der Waals surface area contributed by atoms with Crippen molar-refractivity contribution in [3.8, 4) is 0 Å². The third-order valence-corrected chi connectivity index (χ3v) is 3.84. The number of anilines is 1. The minimum absolute atomic E-state index is 0.305. The molecule has 0 atom stereocenters. The molecule has 0 aromatic heterocycles. The number of sulfonamides is 1. The van der Waals surface area contributed by atoms with Crippen molar-refractivity contribution < 1.29 is 8.42 Å². The van der Waals surface area contributed by atoms with Gasteiger partial charge in [-0.15, -0.1) is 0 Å². The summed E-state index contributed by atoms with van der Waals surface area (Å²) in [6.07, 6.45) is 1.22. The summed E-state index contributed by atoms with van der Waals surface area (Å²) in [6.45, 7) is 6.08. The lowest BCUT2D eigenvalue weighted by Crippen LogP contribution is -2.26. The van der Waals surface area contributed by atoms with E-state index in [1.165, 1.54) is 10.6 Å². The molecule has 1 rings (SSSR count). The van der Waals surface area contributed by atoms with Crippen LogP contribution in [0.4, 0.5) is 5.69 Å². The topological polar surface area (TPSA) is 37.4 Å². The van der Waals surface area contributed by atoms with Crippen molar-refractivity contribution in [3.05, 3.63) is 29.3 Å². The van der Waals surface area contributed by atoms with Crippen LogP contribution in [0.25, 0.3) is 0 Å². The third kappa shape index (κ3) is 2.76. The Labute approximate surface area is 98.1 Å². The summed E-state index contributed by atoms with van der Waals surface area (Å²) in [5, 5.41) is 0. The molecule has 0 unspecified atom stereocenters. The zero-order valence-electron chi connectivity index (χ0n) is 10.5. The second-order valence-electron chi connectivity index (χ2n) is 4.45. The van der Waals surface area contributed by atoms with E-state index < -0.39 is 10.0 Å². The Kier molecular flexibility index (Phi) is 3.63. The van der Waals surface area contributed by atoms with Crippen LogP contribution >= 0.6 is 0 Å². The van der Waals surface area contributed by atoms with Crippen molar-refractivity contribution in [2.24, 2.45) is 0 Å². The number of rotatable bonds is 3. The Bertz CT molecular complexity index is 478. The van der Waals surface area contributed by atoms with E-state index >= 15 is 0 Å². The van der Waals surface area contributed by atoms with Gasteiger partial charge in [0.05, 0.1) is 11.9 Å². The zero-order chi connectivity index (χ0) is 12.5. The van der Waals surface area contributed by atoms with Crippen molar-refractivity contribution in [2.75, 3.05) is 17.6 Å². The van der Waals surface area contributed by atoms with Crippen LogP contribution in [0.5, 0.6) is 0 Å². The van der Waals surface area contributed by atoms with Crippen LogP contribution in [0, 0.1) is 6.92 Å². The van der Waals surface area contributed by atoms with E-state index in [0.717, 1.165) is 16.8 Å². The molecule has 0 heterocycles. The predicted octanol–water partition coefficient (Wildman–Crippen LogP) is 2.51. The minimum atomic E-state index is -3.20. The van der Waals surface area contributed by atoms with Crippen LogP contribution in [0.1, 0.15) is 30.9 Å². The fourth-order valence-electron chi connectivity index (χ4n) is 1.59. The number of hydrogen-bond acceptors (Lipinski definition) is 2. The van der Waals surface area contributed by atoms with Gasteiger partial charge in [0.1, 0.15) is 0 Å². The smallest absolute Gasteiger partial charge is 0.232 e. The molecule has 4 heteroatoms. The van der Waals surface area contributed by atoms with Crippen LogP contribution in [-0.2, 0) is 10.0 Å².